The Morgan fingerprint density at radius 3 is 1.46 bits per heavy atom. The summed E-state index contributed by atoms with van der Waals surface area (Å²) in [7, 11) is 0. The van der Waals surface area contributed by atoms with Crippen LogP contribution in [0, 0.1) is 0 Å². The summed E-state index contributed by atoms with van der Waals surface area (Å²) in [6.45, 7) is 12.4. The van der Waals surface area contributed by atoms with Crippen molar-refractivity contribution in [2.24, 2.45) is 0 Å². The third kappa shape index (κ3) is 12.0. The van der Waals surface area contributed by atoms with E-state index in [2.05, 4.69) is 20.8 Å². The standard InChI is InChI=1S/2C10H14O.2ClH.2Zr/c1-10(2,3)8-5-4-6-9(11)7-8;1-10(2,3)8-6-4-5-7-9(8)11;;;;/h2*4-7,11H,1-3H3;2*1H;;/q;;;;2*+4/p-4. The van der Waals surface area contributed by atoms with Crippen LogP contribution < -0.4 is 35.0 Å². The van der Waals surface area contributed by atoms with Gasteiger partial charge < -0.3 is 35.0 Å². The van der Waals surface area contributed by atoms with E-state index < -0.39 is 0 Å². The predicted molar refractivity (Wildman–Crippen MR) is 89.2 cm³/mol. The Balaban J connectivity index is -0.000000161. The van der Waals surface area contributed by atoms with Crippen LogP contribution in [-0.2, 0) is 63.2 Å². The Morgan fingerprint density at radius 2 is 1.15 bits per heavy atom. The average molecular weight is 552 g/mol. The number of para-hydroxylation sites is 1. The summed E-state index contributed by atoms with van der Waals surface area (Å²) in [5.74, 6) is 0.234. The van der Waals surface area contributed by atoms with Crippen molar-refractivity contribution in [2.45, 2.75) is 52.4 Å². The van der Waals surface area contributed by atoms with Crippen LogP contribution in [0.25, 0.3) is 0 Å². The molecule has 0 heterocycles. The second-order valence-corrected chi connectivity index (χ2v) is 7.52. The quantitative estimate of drug-likeness (QED) is 0.385. The fourth-order valence-corrected chi connectivity index (χ4v) is 2.05. The van der Waals surface area contributed by atoms with Gasteiger partial charge in [-0.25, -0.2) is 0 Å². The molecule has 6 heteroatoms. The van der Waals surface area contributed by atoms with Crippen molar-refractivity contribution in [3.63, 3.8) is 0 Å². The maximum Gasteiger partial charge on any atom is 4.00 e. The van der Waals surface area contributed by atoms with Crippen molar-refractivity contribution >= 4 is 0 Å². The molecule has 0 aromatic heterocycles. The van der Waals surface area contributed by atoms with E-state index in [0.717, 1.165) is 11.1 Å². The van der Waals surface area contributed by atoms with E-state index in [4.69, 9.17) is 0 Å². The molecule has 0 N–H and O–H groups in total. The van der Waals surface area contributed by atoms with Gasteiger partial charge in [-0.1, -0.05) is 95.6 Å². The van der Waals surface area contributed by atoms with Gasteiger partial charge in [-0.15, -0.1) is 11.5 Å². The van der Waals surface area contributed by atoms with Crippen LogP contribution in [0.1, 0.15) is 52.7 Å². The number of rotatable bonds is 0. The van der Waals surface area contributed by atoms with Gasteiger partial charge in [-0.3, -0.25) is 0 Å². The van der Waals surface area contributed by atoms with Gasteiger partial charge in [-0.2, -0.15) is 0 Å². The normalized spacial score (nSPS) is 9.77. The van der Waals surface area contributed by atoms with Gasteiger partial charge in [0.05, 0.1) is 0 Å². The fraction of sp³-hybridized carbons (Fsp3) is 0.400. The largest absolute Gasteiger partial charge is 4.00 e. The van der Waals surface area contributed by atoms with E-state index in [1.807, 2.05) is 45.0 Å². The first-order chi connectivity index (χ1) is 10.0. The Morgan fingerprint density at radius 1 is 0.654 bits per heavy atom. The predicted octanol–water partition coefficient (Wildman–Crippen LogP) is -1.88. The summed E-state index contributed by atoms with van der Waals surface area (Å²) in [5.41, 5.74) is 2.05. The van der Waals surface area contributed by atoms with E-state index >= 15 is 0 Å². The maximum absolute atomic E-state index is 11.3. The Labute approximate surface area is 209 Å². The SMILES string of the molecule is CC(C)(C)c1cccc([O-])c1.CC(C)(C)c1ccccc1[O-].[Cl-].[Cl-].[Zr+4].[Zr+4]. The average Bonchev–Trinajstić information content (AvgIpc) is 2.37. The molecule has 0 atom stereocenters. The molecule has 0 aliphatic carbocycles. The van der Waals surface area contributed by atoms with E-state index in [1.165, 1.54) is 0 Å². The van der Waals surface area contributed by atoms with Gasteiger partial charge in [-0.05, 0) is 16.4 Å². The molecule has 0 amide bonds. The number of halogens is 2. The molecule has 2 aromatic rings. The van der Waals surface area contributed by atoms with E-state index in [1.54, 1.807) is 24.3 Å². The molecule has 0 bridgehead atoms. The van der Waals surface area contributed by atoms with Gasteiger partial charge >= 0.3 is 52.4 Å². The van der Waals surface area contributed by atoms with Crippen LogP contribution in [0.2, 0.25) is 0 Å². The zero-order valence-electron chi connectivity index (χ0n) is 16.2. The summed E-state index contributed by atoms with van der Waals surface area (Å²) in [5, 5.41) is 22.2. The molecule has 0 saturated heterocycles. The molecular weight excluding hydrogens is 526 g/mol. The molecule has 0 spiro atoms. The molecule has 0 radical (unpaired) electrons. The van der Waals surface area contributed by atoms with Gasteiger partial charge in [0.2, 0.25) is 0 Å². The molecule has 2 rings (SSSR count). The third-order valence-corrected chi connectivity index (χ3v) is 3.40. The fourth-order valence-electron chi connectivity index (χ4n) is 2.05. The monoisotopic (exact) mass is 548 g/mol. The molecule has 0 saturated carbocycles. The number of hydrogen-bond donors (Lipinski definition) is 0. The van der Waals surface area contributed by atoms with Crippen molar-refractivity contribution in [2.75, 3.05) is 0 Å². The minimum atomic E-state index is -0.0294. The van der Waals surface area contributed by atoms with Gasteiger partial charge in [0, 0.05) is 0 Å². The summed E-state index contributed by atoms with van der Waals surface area (Å²) < 4.78 is 0. The number of hydrogen-bond acceptors (Lipinski definition) is 2. The van der Waals surface area contributed by atoms with Crippen LogP contribution in [-0.4, -0.2) is 0 Å². The molecule has 0 aliphatic rings. The zero-order chi connectivity index (χ0) is 17.0. The molecule has 0 aliphatic heterocycles. The molecule has 0 unspecified atom stereocenters. The van der Waals surface area contributed by atoms with Gasteiger partial charge in [0.15, 0.2) is 0 Å². The molecule has 26 heavy (non-hydrogen) atoms. The summed E-state index contributed by atoms with van der Waals surface area (Å²) in [4.78, 5) is 0. The Hall–Kier alpha value is 0.386. The Bertz CT molecular complexity index is 622. The molecule has 2 nitrogen and oxygen atoms in total. The van der Waals surface area contributed by atoms with Crippen molar-refractivity contribution < 1.29 is 87.4 Å². The summed E-state index contributed by atoms with van der Waals surface area (Å²) in [6, 6.07) is 14.3. The van der Waals surface area contributed by atoms with Crippen molar-refractivity contribution in [3.05, 3.63) is 59.7 Å². The van der Waals surface area contributed by atoms with Crippen LogP contribution in [0.4, 0.5) is 0 Å². The summed E-state index contributed by atoms with van der Waals surface area (Å²) in [6.07, 6.45) is 0. The molecular formula is C20H26Cl2O2Zr2+4. The maximum atomic E-state index is 11.3. The molecule has 0 fully saturated rings. The zero-order valence-corrected chi connectivity index (χ0v) is 22.6. The molecule has 136 valence electrons. The molecule has 2 aromatic carbocycles. The number of benzene rings is 2. The van der Waals surface area contributed by atoms with E-state index in [-0.39, 0.29) is 99.5 Å². The van der Waals surface area contributed by atoms with E-state index in [9.17, 15) is 10.2 Å². The second-order valence-electron chi connectivity index (χ2n) is 7.52. The smallest absolute Gasteiger partial charge is 1.00 e. The van der Waals surface area contributed by atoms with Crippen LogP contribution in [0.15, 0.2) is 48.5 Å². The van der Waals surface area contributed by atoms with E-state index in [0.29, 0.717) is 0 Å². The minimum absolute atomic E-state index is 0. The first-order valence-electron chi connectivity index (χ1n) is 7.56. The minimum Gasteiger partial charge on any atom is -1.00 e. The van der Waals surface area contributed by atoms with Crippen molar-refractivity contribution in [1.29, 1.82) is 0 Å². The second kappa shape index (κ2) is 14.4. The summed E-state index contributed by atoms with van der Waals surface area (Å²) >= 11 is 0. The van der Waals surface area contributed by atoms with Gasteiger partial charge in [0.25, 0.3) is 0 Å². The van der Waals surface area contributed by atoms with Crippen molar-refractivity contribution in [1.82, 2.24) is 0 Å². The van der Waals surface area contributed by atoms with Gasteiger partial charge in [0.1, 0.15) is 0 Å². The topological polar surface area (TPSA) is 46.1 Å². The van der Waals surface area contributed by atoms with Crippen LogP contribution in [0.5, 0.6) is 11.5 Å². The first kappa shape index (κ1) is 33.9. The van der Waals surface area contributed by atoms with Crippen LogP contribution in [0.3, 0.4) is 0 Å². The van der Waals surface area contributed by atoms with Crippen LogP contribution >= 0.6 is 0 Å². The Kier molecular flexibility index (Phi) is 18.8. The first-order valence-corrected chi connectivity index (χ1v) is 7.56. The van der Waals surface area contributed by atoms with Crippen molar-refractivity contribution in [3.8, 4) is 11.5 Å². The third-order valence-electron chi connectivity index (χ3n) is 3.40.